The van der Waals surface area contributed by atoms with Crippen LogP contribution in [0.2, 0.25) is 0 Å². The number of hydrogen-bond donors (Lipinski definition) is 2. The zero-order chi connectivity index (χ0) is 15.0. The van der Waals surface area contributed by atoms with Gasteiger partial charge in [-0.2, -0.15) is 0 Å². The van der Waals surface area contributed by atoms with Crippen molar-refractivity contribution in [3.63, 3.8) is 0 Å². The maximum absolute atomic E-state index is 12.4. The fourth-order valence-electron chi connectivity index (χ4n) is 3.26. The first-order chi connectivity index (χ1) is 10.1. The lowest BCUT2D eigenvalue weighted by Gasteiger charge is -2.23. The van der Waals surface area contributed by atoms with E-state index in [0.717, 1.165) is 38.5 Å². The summed E-state index contributed by atoms with van der Waals surface area (Å²) in [5, 5.41) is 5.93. The zero-order valence-corrected chi connectivity index (χ0v) is 12.4. The van der Waals surface area contributed by atoms with Crippen molar-refractivity contribution in [1.82, 2.24) is 15.5 Å². The first kappa shape index (κ1) is 14.5. The third-order valence-electron chi connectivity index (χ3n) is 4.64. The average molecular weight is 293 g/mol. The maximum Gasteiger partial charge on any atom is 0.247 e. The average Bonchev–Trinajstić information content (AvgIpc) is 3.00. The number of nitrogens with zero attached hydrogens (tertiary/aromatic N) is 1. The smallest absolute Gasteiger partial charge is 0.247 e. The number of amides is 3. The molecule has 3 fully saturated rings. The van der Waals surface area contributed by atoms with Crippen LogP contribution in [0.15, 0.2) is 0 Å². The van der Waals surface area contributed by atoms with Crippen LogP contribution in [0, 0.1) is 0 Å². The van der Waals surface area contributed by atoms with Crippen LogP contribution in [-0.2, 0) is 14.4 Å². The van der Waals surface area contributed by atoms with Gasteiger partial charge in [0, 0.05) is 12.1 Å². The quantitative estimate of drug-likeness (QED) is 0.715. The van der Waals surface area contributed by atoms with E-state index in [2.05, 4.69) is 10.6 Å². The number of nitrogens with one attached hydrogen (secondary N) is 2. The molecule has 2 N–H and O–H groups in total. The lowest BCUT2D eigenvalue weighted by Crippen LogP contribution is -2.50. The number of likely N-dealkylation sites (tertiary alicyclic amines) is 1. The molecule has 21 heavy (non-hydrogen) atoms. The fourth-order valence-corrected chi connectivity index (χ4v) is 3.26. The summed E-state index contributed by atoms with van der Waals surface area (Å²) in [7, 11) is 0. The van der Waals surface area contributed by atoms with E-state index >= 15 is 0 Å². The molecule has 0 spiro atoms. The van der Waals surface area contributed by atoms with Gasteiger partial charge < -0.3 is 5.32 Å². The Balaban J connectivity index is 1.57. The second-order valence-corrected chi connectivity index (χ2v) is 6.47. The van der Waals surface area contributed by atoms with Crippen LogP contribution in [0.3, 0.4) is 0 Å². The number of rotatable bonds is 5. The second kappa shape index (κ2) is 5.75. The summed E-state index contributed by atoms with van der Waals surface area (Å²) < 4.78 is 0. The SMILES string of the molecule is CC(NC1CC(=O)N(C2CCCC2)C1=O)C(=O)NC1CC1. The molecule has 2 atom stereocenters. The van der Waals surface area contributed by atoms with Gasteiger partial charge in [0.25, 0.3) is 0 Å². The second-order valence-electron chi connectivity index (χ2n) is 6.47. The van der Waals surface area contributed by atoms with Crippen molar-refractivity contribution in [2.45, 2.75) is 76.0 Å². The van der Waals surface area contributed by atoms with Crippen LogP contribution in [0.4, 0.5) is 0 Å². The molecule has 2 saturated carbocycles. The largest absolute Gasteiger partial charge is 0.352 e. The van der Waals surface area contributed by atoms with E-state index in [0.29, 0.717) is 6.04 Å². The molecule has 0 aromatic rings. The molecule has 0 bridgehead atoms. The van der Waals surface area contributed by atoms with Crippen molar-refractivity contribution in [3.05, 3.63) is 0 Å². The Morgan fingerprint density at radius 3 is 2.48 bits per heavy atom. The van der Waals surface area contributed by atoms with Gasteiger partial charge in [-0.05, 0) is 32.6 Å². The molecule has 1 saturated heterocycles. The summed E-state index contributed by atoms with van der Waals surface area (Å²) in [6.07, 6.45) is 6.25. The van der Waals surface area contributed by atoms with Crippen LogP contribution in [-0.4, -0.2) is 46.8 Å². The molecule has 0 aromatic carbocycles. The highest BCUT2D eigenvalue weighted by Gasteiger charge is 2.43. The highest BCUT2D eigenvalue weighted by molar-refractivity contribution is 6.06. The van der Waals surface area contributed by atoms with E-state index in [1.165, 1.54) is 4.90 Å². The molecular weight excluding hydrogens is 270 g/mol. The minimum absolute atomic E-state index is 0.0763. The Morgan fingerprint density at radius 1 is 1.19 bits per heavy atom. The van der Waals surface area contributed by atoms with Gasteiger partial charge in [-0.1, -0.05) is 12.8 Å². The van der Waals surface area contributed by atoms with Crippen LogP contribution in [0.25, 0.3) is 0 Å². The molecule has 0 radical (unpaired) electrons. The van der Waals surface area contributed by atoms with Crippen molar-refractivity contribution < 1.29 is 14.4 Å². The normalized spacial score (nSPS) is 28.2. The number of hydrogen-bond acceptors (Lipinski definition) is 4. The molecule has 1 heterocycles. The van der Waals surface area contributed by atoms with Crippen molar-refractivity contribution >= 4 is 17.7 Å². The first-order valence-corrected chi connectivity index (χ1v) is 7.98. The minimum Gasteiger partial charge on any atom is -0.352 e. The van der Waals surface area contributed by atoms with Crippen molar-refractivity contribution in [2.75, 3.05) is 0 Å². The third-order valence-corrected chi connectivity index (χ3v) is 4.64. The molecule has 2 aliphatic carbocycles. The highest BCUT2D eigenvalue weighted by atomic mass is 16.2. The molecule has 2 unspecified atom stereocenters. The fraction of sp³-hybridized carbons (Fsp3) is 0.800. The standard InChI is InChI=1S/C15H23N3O3/c1-9(14(20)17-10-6-7-10)16-12-8-13(19)18(15(12)21)11-4-2-3-5-11/h9-12,16H,2-8H2,1H3,(H,17,20). The molecule has 116 valence electrons. The Labute approximate surface area is 124 Å². The molecule has 1 aliphatic heterocycles. The monoisotopic (exact) mass is 293 g/mol. The van der Waals surface area contributed by atoms with Crippen LogP contribution >= 0.6 is 0 Å². The Kier molecular flexibility index (Phi) is 3.97. The number of carbonyl (C=O) groups is 3. The Hall–Kier alpha value is -1.43. The Morgan fingerprint density at radius 2 is 1.86 bits per heavy atom. The van der Waals surface area contributed by atoms with Crippen molar-refractivity contribution in [1.29, 1.82) is 0 Å². The van der Waals surface area contributed by atoms with Gasteiger partial charge >= 0.3 is 0 Å². The van der Waals surface area contributed by atoms with Crippen molar-refractivity contribution in [3.8, 4) is 0 Å². The van der Waals surface area contributed by atoms with E-state index < -0.39 is 12.1 Å². The van der Waals surface area contributed by atoms with Crippen LogP contribution in [0.5, 0.6) is 0 Å². The predicted molar refractivity (Wildman–Crippen MR) is 76.3 cm³/mol. The van der Waals surface area contributed by atoms with Crippen LogP contribution < -0.4 is 10.6 Å². The molecule has 3 aliphatic rings. The van der Waals surface area contributed by atoms with Gasteiger partial charge in [-0.3, -0.25) is 24.6 Å². The van der Waals surface area contributed by atoms with E-state index in [9.17, 15) is 14.4 Å². The van der Waals surface area contributed by atoms with Crippen molar-refractivity contribution in [2.24, 2.45) is 0 Å². The number of imide groups is 1. The van der Waals surface area contributed by atoms with Gasteiger partial charge in [0.15, 0.2) is 0 Å². The lowest BCUT2D eigenvalue weighted by atomic mass is 10.2. The van der Waals surface area contributed by atoms with Gasteiger partial charge in [-0.15, -0.1) is 0 Å². The van der Waals surface area contributed by atoms with E-state index in [1.807, 2.05) is 0 Å². The van der Waals surface area contributed by atoms with Gasteiger partial charge in [0.1, 0.15) is 0 Å². The first-order valence-electron chi connectivity index (χ1n) is 7.98. The zero-order valence-electron chi connectivity index (χ0n) is 12.4. The summed E-state index contributed by atoms with van der Waals surface area (Å²) in [6.45, 7) is 1.74. The predicted octanol–water partition coefficient (Wildman–Crippen LogP) is 0.313. The van der Waals surface area contributed by atoms with Gasteiger partial charge in [0.2, 0.25) is 17.7 Å². The molecule has 6 nitrogen and oxygen atoms in total. The van der Waals surface area contributed by atoms with Gasteiger partial charge in [-0.25, -0.2) is 0 Å². The highest BCUT2D eigenvalue weighted by Crippen LogP contribution is 2.28. The molecular formula is C15H23N3O3. The lowest BCUT2D eigenvalue weighted by molar-refractivity contribution is -0.141. The summed E-state index contributed by atoms with van der Waals surface area (Å²) in [4.78, 5) is 37.9. The Bertz CT molecular complexity index is 455. The van der Waals surface area contributed by atoms with E-state index in [-0.39, 0.29) is 30.2 Å². The third kappa shape index (κ3) is 3.10. The maximum atomic E-state index is 12.4. The summed E-state index contributed by atoms with van der Waals surface area (Å²) in [5.41, 5.74) is 0. The molecule has 3 rings (SSSR count). The summed E-state index contributed by atoms with van der Waals surface area (Å²) in [5.74, 6) is -0.339. The van der Waals surface area contributed by atoms with E-state index in [1.54, 1.807) is 6.92 Å². The molecule has 0 aromatic heterocycles. The number of carbonyl (C=O) groups excluding carboxylic acids is 3. The minimum atomic E-state index is -0.543. The van der Waals surface area contributed by atoms with Gasteiger partial charge in [0.05, 0.1) is 18.5 Å². The summed E-state index contributed by atoms with van der Waals surface area (Å²) >= 11 is 0. The van der Waals surface area contributed by atoms with Crippen LogP contribution in [0.1, 0.15) is 51.9 Å². The topological polar surface area (TPSA) is 78.5 Å². The van der Waals surface area contributed by atoms with E-state index in [4.69, 9.17) is 0 Å². The molecule has 3 amide bonds. The molecule has 6 heteroatoms. The summed E-state index contributed by atoms with van der Waals surface area (Å²) in [6, 6.07) is -0.612.